The number of hydrogen-bond acceptors (Lipinski definition) is 6. The average molecular weight is 470 g/mol. The smallest absolute Gasteiger partial charge is 0.411 e. The summed E-state index contributed by atoms with van der Waals surface area (Å²) < 4.78 is 12.3. The number of aromatic nitrogens is 2. The third-order valence-corrected chi connectivity index (χ3v) is 4.97. The van der Waals surface area contributed by atoms with E-state index < -0.39 is 11.7 Å². The Morgan fingerprint density at radius 2 is 2.00 bits per heavy atom. The fourth-order valence-corrected chi connectivity index (χ4v) is 3.51. The second-order valence-corrected chi connectivity index (χ2v) is 7.40. The highest BCUT2D eigenvalue weighted by Crippen LogP contribution is 2.22. The maximum atomic E-state index is 12.9. The predicted molar refractivity (Wildman–Crippen MR) is 116 cm³/mol. The summed E-state index contributed by atoms with van der Waals surface area (Å²) in [6, 6.07) is 11.6. The zero-order valence-electron chi connectivity index (χ0n) is 15.8. The van der Waals surface area contributed by atoms with E-state index in [4.69, 9.17) is 9.15 Å². The summed E-state index contributed by atoms with van der Waals surface area (Å²) in [5.74, 6) is 0. The van der Waals surface area contributed by atoms with Crippen LogP contribution in [-0.2, 0) is 11.3 Å². The normalized spacial score (nSPS) is 11.0. The van der Waals surface area contributed by atoms with Crippen molar-refractivity contribution in [3.63, 3.8) is 0 Å². The quantitative estimate of drug-likeness (QED) is 0.454. The predicted octanol–water partition coefficient (Wildman–Crippen LogP) is 3.88. The highest BCUT2D eigenvalue weighted by Gasteiger charge is 2.11. The second kappa shape index (κ2) is 8.11. The molecule has 0 bridgehead atoms. The van der Waals surface area contributed by atoms with E-state index in [1.54, 1.807) is 31.2 Å². The van der Waals surface area contributed by atoms with Crippen LogP contribution in [0.2, 0.25) is 0 Å². The molecule has 0 saturated heterocycles. The summed E-state index contributed by atoms with van der Waals surface area (Å²) >= 11 is 3.36. The summed E-state index contributed by atoms with van der Waals surface area (Å²) in [5.41, 5.74) is 1.12. The lowest BCUT2D eigenvalue weighted by atomic mass is 10.1. The van der Waals surface area contributed by atoms with Gasteiger partial charge in [0.1, 0.15) is 5.58 Å². The van der Waals surface area contributed by atoms with Gasteiger partial charge in [-0.05, 0) is 42.8 Å². The van der Waals surface area contributed by atoms with Crippen LogP contribution in [0.15, 0.2) is 67.3 Å². The number of rotatable bonds is 4. The molecule has 0 saturated carbocycles. The van der Waals surface area contributed by atoms with Gasteiger partial charge in [0.05, 0.1) is 30.4 Å². The van der Waals surface area contributed by atoms with Crippen molar-refractivity contribution in [2.24, 2.45) is 0 Å². The minimum absolute atomic E-state index is 0.140. The summed E-state index contributed by atoms with van der Waals surface area (Å²) in [7, 11) is 0. The lowest BCUT2D eigenvalue weighted by Crippen LogP contribution is -2.22. The highest BCUT2D eigenvalue weighted by molar-refractivity contribution is 9.10. The van der Waals surface area contributed by atoms with Gasteiger partial charge < -0.3 is 9.15 Å². The first-order valence-corrected chi connectivity index (χ1v) is 9.89. The van der Waals surface area contributed by atoms with E-state index in [0.29, 0.717) is 27.5 Å². The molecule has 9 heteroatoms. The van der Waals surface area contributed by atoms with Crippen LogP contribution < -0.4 is 16.5 Å². The Labute approximate surface area is 178 Å². The Balaban J connectivity index is 1.75. The maximum absolute atomic E-state index is 12.9. The summed E-state index contributed by atoms with van der Waals surface area (Å²) in [5, 5.41) is 3.68. The second-order valence-electron chi connectivity index (χ2n) is 6.49. The zero-order valence-corrected chi connectivity index (χ0v) is 17.4. The molecule has 4 aromatic rings. The number of benzene rings is 2. The van der Waals surface area contributed by atoms with E-state index >= 15 is 0 Å². The monoisotopic (exact) mass is 469 g/mol. The molecule has 2 heterocycles. The van der Waals surface area contributed by atoms with Gasteiger partial charge in [-0.2, -0.15) is 0 Å². The first-order valence-electron chi connectivity index (χ1n) is 9.10. The number of hydrogen-bond donors (Lipinski definition) is 1. The van der Waals surface area contributed by atoms with E-state index in [1.807, 2.05) is 6.07 Å². The van der Waals surface area contributed by atoms with Crippen molar-refractivity contribution in [3.05, 3.63) is 79.6 Å². The molecule has 1 amide bonds. The summed E-state index contributed by atoms with van der Waals surface area (Å²) in [4.78, 5) is 40.9. The minimum atomic E-state index is -0.602. The van der Waals surface area contributed by atoms with Crippen LogP contribution in [0.3, 0.4) is 0 Å². The molecular weight excluding hydrogens is 454 g/mol. The van der Waals surface area contributed by atoms with Gasteiger partial charge in [-0.15, -0.1) is 0 Å². The number of amides is 1. The molecule has 8 nitrogen and oxygen atoms in total. The number of nitrogens with zero attached hydrogens (tertiary/aromatic N) is 2. The molecule has 1 N–H and O–H groups in total. The molecule has 0 aliphatic heterocycles. The zero-order chi connectivity index (χ0) is 21.3. The van der Waals surface area contributed by atoms with E-state index in [-0.39, 0.29) is 24.3 Å². The third kappa shape index (κ3) is 3.97. The first-order chi connectivity index (χ1) is 14.4. The van der Waals surface area contributed by atoms with E-state index in [9.17, 15) is 14.4 Å². The van der Waals surface area contributed by atoms with Crippen LogP contribution in [0.1, 0.15) is 12.5 Å². The number of anilines is 1. The van der Waals surface area contributed by atoms with Crippen molar-refractivity contribution in [1.82, 2.24) is 9.55 Å². The van der Waals surface area contributed by atoms with Crippen molar-refractivity contribution in [2.75, 3.05) is 11.9 Å². The van der Waals surface area contributed by atoms with Crippen molar-refractivity contribution in [3.8, 4) is 0 Å². The first kappa shape index (κ1) is 19.8. The van der Waals surface area contributed by atoms with E-state index in [1.165, 1.54) is 23.0 Å². The molecule has 0 radical (unpaired) electrons. The van der Waals surface area contributed by atoms with Gasteiger partial charge in [-0.3, -0.25) is 14.7 Å². The van der Waals surface area contributed by atoms with Gasteiger partial charge >= 0.3 is 11.7 Å². The number of nitrogens with one attached hydrogen (secondary N) is 1. The summed E-state index contributed by atoms with van der Waals surface area (Å²) in [6.45, 7) is 2.08. The molecule has 2 aromatic heterocycles. The lowest BCUT2D eigenvalue weighted by Gasteiger charge is -2.10. The highest BCUT2D eigenvalue weighted by atomic mass is 79.9. The molecule has 0 unspecified atom stereocenters. The standard InChI is InChI=1S/C21H16BrN3O5/c1-2-29-21(28)24-14-4-5-15-12(7-19(26)30-18(15)9-14)10-25-11-23-17-6-3-13(22)8-16(17)20(25)27/h3-9,11H,2,10H2,1H3,(H,24,28). The largest absolute Gasteiger partial charge is 0.450 e. The molecule has 4 rings (SSSR count). The topological polar surface area (TPSA) is 103 Å². The lowest BCUT2D eigenvalue weighted by molar-refractivity contribution is 0.168. The number of ether oxygens (including phenoxy) is 1. The van der Waals surface area contributed by atoms with Crippen molar-refractivity contribution in [1.29, 1.82) is 0 Å². The van der Waals surface area contributed by atoms with Crippen molar-refractivity contribution in [2.45, 2.75) is 13.5 Å². The summed E-state index contributed by atoms with van der Waals surface area (Å²) in [6.07, 6.45) is 0.852. The molecule has 0 aliphatic rings. The van der Waals surface area contributed by atoms with Crippen molar-refractivity contribution < 1.29 is 13.9 Å². The van der Waals surface area contributed by atoms with Crippen LogP contribution in [-0.4, -0.2) is 22.3 Å². The Morgan fingerprint density at radius 1 is 1.17 bits per heavy atom. The Bertz CT molecular complexity index is 1390. The molecule has 2 aromatic carbocycles. The van der Waals surface area contributed by atoms with Gasteiger partial charge in [0.2, 0.25) is 0 Å². The fourth-order valence-electron chi connectivity index (χ4n) is 3.15. The van der Waals surface area contributed by atoms with Crippen LogP contribution in [0.25, 0.3) is 21.9 Å². The third-order valence-electron chi connectivity index (χ3n) is 4.48. The molecule has 152 valence electrons. The molecular formula is C21H16BrN3O5. The minimum Gasteiger partial charge on any atom is -0.450 e. The van der Waals surface area contributed by atoms with Crippen molar-refractivity contribution >= 4 is 49.6 Å². The van der Waals surface area contributed by atoms with E-state index in [0.717, 1.165) is 4.47 Å². The van der Waals surface area contributed by atoms with Gasteiger partial charge in [0.15, 0.2) is 0 Å². The average Bonchev–Trinajstić information content (AvgIpc) is 2.70. The molecule has 0 aliphatic carbocycles. The van der Waals surface area contributed by atoms with Gasteiger partial charge in [-0.1, -0.05) is 15.9 Å². The van der Waals surface area contributed by atoms with Crippen LogP contribution in [0, 0.1) is 0 Å². The number of carbonyl (C=O) groups excluding carboxylic acids is 1. The van der Waals surface area contributed by atoms with Crippen LogP contribution in [0.4, 0.5) is 10.5 Å². The van der Waals surface area contributed by atoms with Crippen LogP contribution >= 0.6 is 15.9 Å². The van der Waals surface area contributed by atoms with Gasteiger partial charge in [0, 0.05) is 27.7 Å². The molecule has 0 spiro atoms. The number of fused-ring (bicyclic) bond motifs is 2. The number of carbonyl (C=O) groups is 1. The number of halogens is 1. The Morgan fingerprint density at radius 3 is 2.80 bits per heavy atom. The Hall–Kier alpha value is -3.46. The Kier molecular flexibility index (Phi) is 5.37. The molecule has 0 fully saturated rings. The van der Waals surface area contributed by atoms with Gasteiger partial charge in [-0.25, -0.2) is 14.6 Å². The molecule has 0 atom stereocenters. The van der Waals surface area contributed by atoms with Gasteiger partial charge in [0.25, 0.3) is 5.56 Å². The van der Waals surface area contributed by atoms with Crippen LogP contribution in [0.5, 0.6) is 0 Å². The van der Waals surface area contributed by atoms with E-state index in [2.05, 4.69) is 26.2 Å². The maximum Gasteiger partial charge on any atom is 0.411 e. The SMILES string of the molecule is CCOC(=O)Nc1ccc2c(Cn3cnc4ccc(Br)cc4c3=O)cc(=O)oc2c1. The molecule has 30 heavy (non-hydrogen) atoms. The fraction of sp³-hybridized carbons (Fsp3) is 0.143.